The van der Waals surface area contributed by atoms with Gasteiger partial charge in [0.05, 0.1) is 0 Å². The van der Waals surface area contributed by atoms with Crippen molar-refractivity contribution < 1.29 is 0 Å². The standard InChI is InChI=1S/C22H22N4/c1-23-21(18-8-5-4-6-9-18)25-22(26(2)3)19-13-11-17(12-14-19)20-10-7-15-24-16-20/h4-16H,1-3H3. The second kappa shape index (κ2) is 8.21. The lowest BCUT2D eigenvalue weighted by molar-refractivity contribution is 0.625. The van der Waals surface area contributed by atoms with Crippen molar-refractivity contribution in [2.45, 2.75) is 0 Å². The Kier molecular flexibility index (Phi) is 5.54. The molecular formula is C22H22N4. The summed E-state index contributed by atoms with van der Waals surface area (Å²) in [5.41, 5.74) is 4.27. The molecule has 0 saturated heterocycles. The predicted octanol–water partition coefficient (Wildman–Crippen LogP) is 4.13. The van der Waals surface area contributed by atoms with Gasteiger partial charge in [-0.1, -0.05) is 60.7 Å². The lowest BCUT2D eigenvalue weighted by Crippen LogP contribution is -2.24. The number of hydrogen-bond acceptors (Lipinski definition) is 2. The highest BCUT2D eigenvalue weighted by Gasteiger charge is 2.10. The Morgan fingerprint density at radius 3 is 2.12 bits per heavy atom. The summed E-state index contributed by atoms with van der Waals surface area (Å²) < 4.78 is 0. The fourth-order valence-electron chi connectivity index (χ4n) is 2.70. The number of pyridine rings is 1. The molecule has 0 saturated carbocycles. The first-order valence-corrected chi connectivity index (χ1v) is 8.48. The number of aromatic nitrogens is 1. The minimum absolute atomic E-state index is 0.714. The molecular weight excluding hydrogens is 320 g/mol. The molecule has 0 amide bonds. The van der Waals surface area contributed by atoms with Crippen LogP contribution in [0.1, 0.15) is 11.1 Å². The van der Waals surface area contributed by atoms with Crippen molar-refractivity contribution in [3.8, 4) is 11.1 Å². The Morgan fingerprint density at radius 1 is 0.808 bits per heavy atom. The molecule has 0 radical (unpaired) electrons. The highest BCUT2D eigenvalue weighted by atomic mass is 15.1. The van der Waals surface area contributed by atoms with Gasteiger partial charge in [0.15, 0.2) is 5.84 Å². The highest BCUT2D eigenvalue weighted by Crippen LogP contribution is 2.19. The van der Waals surface area contributed by atoms with E-state index >= 15 is 0 Å². The predicted molar refractivity (Wildman–Crippen MR) is 109 cm³/mol. The van der Waals surface area contributed by atoms with E-state index in [0.29, 0.717) is 5.84 Å². The van der Waals surface area contributed by atoms with Gasteiger partial charge in [0, 0.05) is 44.7 Å². The zero-order chi connectivity index (χ0) is 18.4. The van der Waals surface area contributed by atoms with Gasteiger partial charge in [0.25, 0.3) is 0 Å². The number of amidine groups is 2. The molecule has 0 spiro atoms. The van der Waals surface area contributed by atoms with E-state index in [-0.39, 0.29) is 0 Å². The highest BCUT2D eigenvalue weighted by molar-refractivity contribution is 6.11. The average Bonchev–Trinajstić information content (AvgIpc) is 2.70. The van der Waals surface area contributed by atoms with Crippen molar-refractivity contribution >= 4 is 11.7 Å². The molecule has 1 aromatic heterocycles. The Morgan fingerprint density at radius 2 is 1.54 bits per heavy atom. The van der Waals surface area contributed by atoms with Crippen molar-refractivity contribution in [2.75, 3.05) is 21.1 Å². The van der Waals surface area contributed by atoms with Gasteiger partial charge in [-0.2, -0.15) is 0 Å². The van der Waals surface area contributed by atoms with Crippen LogP contribution in [0.25, 0.3) is 11.1 Å². The topological polar surface area (TPSA) is 40.9 Å². The Labute approximate surface area is 154 Å². The van der Waals surface area contributed by atoms with Gasteiger partial charge in [0.1, 0.15) is 5.84 Å². The maximum Gasteiger partial charge on any atom is 0.156 e. The van der Waals surface area contributed by atoms with Crippen molar-refractivity contribution in [2.24, 2.45) is 9.98 Å². The van der Waals surface area contributed by atoms with Crippen LogP contribution in [0, 0.1) is 0 Å². The first-order chi connectivity index (χ1) is 12.7. The van der Waals surface area contributed by atoms with Gasteiger partial charge < -0.3 is 4.90 Å². The summed E-state index contributed by atoms with van der Waals surface area (Å²) in [6.45, 7) is 0. The van der Waals surface area contributed by atoms with Gasteiger partial charge >= 0.3 is 0 Å². The summed E-state index contributed by atoms with van der Waals surface area (Å²) in [5, 5.41) is 0. The summed E-state index contributed by atoms with van der Waals surface area (Å²) in [6.07, 6.45) is 3.65. The maximum atomic E-state index is 4.82. The van der Waals surface area contributed by atoms with E-state index in [1.54, 1.807) is 13.2 Å². The summed E-state index contributed by atoms with van der Waals surface area (Å²) in [7, 11) is 5.75. The van der Waals surface area contributed by atoms with Crippen molar-refractivity contribution in [3.05, 3.63) is 90.3 Å². The molecule has 0 atom stereocenters. The Balaban J connectivity index is 1.95. The largest absolute Gasteiger partial charge is 0.362 e. The Hall–Kier alpha value is -3.27. The number of benzene rings is 2. The van der Waals surface area contributed by atoms with Crippen LogP contribution in [-0.4, -0.2) is 42.7 Å². The molecule has 4 heteroatoms. The van der Waals surface area contributed by atoms with E-state index in [1.807, 2.05) is 61.6 Å². The quantitative estimate of drug-likeness (QED) is 0.530. The molecule has 26 heavy (non-hydrogen) atoms. The van der Waals surface area contributed by atoms with E-state index in [9.17, 15) is 0 Å². The number of rotatable bonds is 3. The van der Waals surface area contributed by atoms with Crippen LogP contribution >= 0.6 is 0 Å². The van der Waals surface area contributed by atoms with Crippen LogP contribution in [0.5, 0.6) is 0 Å². The first-order valence-electron chi connectivity index (χ1n) is 8.48. The molecule has 0 bridgehead atoms. The molecule has 0 aliphatic heterocycles. The molecule has 3 aromatic rings. The Bertz CT molecular complexity index is 896. The SMILES string of the molecule is CN=C(N=C(c1ccc(-c2cccnc2)cc1)N(C)C)c1ccccc1. The maximum absolute atomic E-state index is 4.82. The minimum Gasteiger partial charge on any atom is -0.362 e. The lowest BCUT2D eigenvalue weighted by Gasteiger charge is -2.17. The normalized spacial score (nSPS) is 12.1. The van der Waals surface area contributed by atoms with E-state index in [0.717, 1.165) is 28.1 Å². The molecule has 1 heterocycles. The second-order valence-electron chi connectivity index (χ2n) is 6.06. The molecule has 0 aliphatic rings. The molecule has 0 N–H and O–H groups in total. The van der Waals surface area contributed by atoms with E-state index in [4.69, 9.17) is 4.99 Å². The number of hydrogen-bond donors (Lipinski definition) is 0. The van der Waals surface area contributed by atoms with Crippen LogP contribution < -0.4 is 0 Å². The lowest BCUT2D eigenvalue weighted by atomic mass is 10.0. The van der Waals surface area contributed by atoms with Gasteiger partial charge in [-0.25, -0.2) is 4.99 Å². The van der Waals surface area contributed by atoms with E-state index in [2.05, 4.69) is 40.3 Å². The fourth-order valence-corrected chi connectivity index (χ4v) is 2.70. The van der Waals surface area contributed by atoms with E-state index < -0.39 is 0 Å². The third kappa shape index (κ3) is 4.03. The van der Waals surface area contributed by atoms with Gasteiger partial charge in [-0.15, -0.1) is 0 Å². The molecule has 3 rings (SSSR count). The smallest absolute Gasteiger partial charge is 0.156 e. The second-order valence-corrected chi connectivity index (χ2v) is 6.06. The van der Waals surface area contributed by atoms with Gasteiger partial charge in [-0.3, -0.25) is 9.98 Å². The molecule has 4 nitrogen and oxygen atoms in total. The zero-order valence-electron chi connectivity index (χ0n) is 15.3. The summed E-state index contributed by atoms with van der Waals surface area (Å²) >= 11 is 0. The van der Waals surface area contributed by atoms with Crippen molar-refractivity contribution in [1.82, 2.24) is 9.88 Å². The minimum atomic E-state index is 0.714. The zero-order valence-corrected chi connectivity index (χ0v) is 15.3. The third-order valence-electron chi connectivity index (χ3n) is 4.02. The van der Waals surface area contributed by atoms with Crippen LogP contribution in [0.15, 0.2) is 89.1 Å². The van der Waals surface area contributed by atoms with Gasteiger partial charge in [0.2, 0.25) is 0 Å². The van der Waals surface area contributed by atoms with Gasteiger partial charge in [-0.05, 0) is 17.2 Å². The van der Waals surface area contributed by atoms with Crippen molar-refractivity contribution in [1.29, 1.82) is 0 Å². The fraction of sp³-hybridized carbons (Fsp3) is 0.136. The molecule has 130 valence electrons. The molecule has 2 aromatic carbocycles. The third-order valence-corrected chi connectivity index (χ3v) is 4.02. The number of aliphatic imine (C=N–C) groups is 2. The monoisotopic (exact) mass is 342 g/mol. The summed E-state index contributed by atoms with van der Waals surface area (Å²) in [4.78, 5) is 15.4. The van der Waals surface area contributed by atoms with Crippen LogP contribution in [0.3, 0.4) is 0 Å². The average molecular weight is 342 g/mol. The van der Waals surface area contributed by atoms with Crippen LogP contribution in [0.4, 0.5) is 0 Å². The van der Waals surface area contributed by atoms with E-state index in [1.165, 1.54) is 0 Å². The summed E-state index contributed by atoms with van der Waals surface area (Å²) in [5.74, 6) is 1.58. The number of nitrogens with zero attached hydrogens (tertiary/aromatic N) is 4. The van der Waals surface area contributed by atoms with Crippen molar-refractivity contribution in [3.63, 3.8) is 0 Å². The molecule has 0 fully saturated rings. The first kappa shape index (κ1) is 17.5. The summed E-state index contributed by atoms with van der Waals surface area (Å²) in [6, 6.07) is 22.4. The molecule has 0 unspecified atom stereocenters. The van der Waals surface area contributed by atoms with Crippen LogP contribution in [0.2, 0.25) is 0 Å². The van der Waals surface area contributed by atoms with Crippen LogP contribution in [-0.2, 0) is 0 Å². The molecule has 0 aliphatic carbocycles.